The Labute approximate surface area is 116 Å². The lowest BCUT2D eigenvalue weighted by Crippen LogP contribution is -2.44. The van der Waals surface area contributed by atoms with Crippen molar-refractivity contribution in [3.05, 3.63) is 0 Å². The van der Waals surface area contributed by atoms with Gasteiger partial charge in [0.1, 0.15) is 0 Å². The maximum atomic E-state index is 12.1. The first-order valence-electron chi connectivity index (χ1n) is 6.42. The number of aliphatic hydroxyl groups is 1. The number of carbonyl (C=O) groups excluding carboxylic acids is 1. The minimum Gasteiger partial charge on any atom is -0.393 e. The molecular weight excluding hydrogens is 252 g/mol. The van der Waals surface area contributed by atoms with Crippen molar-refractivity contribution >= 4 is 18.3 Å². The number of carbonyl (C=O) groups is 1. The largest absolute Gasteiger partial charge is 0.393 e. The summed E-state index contributed by atoms with van der Waals surface area (Å²) in [6, 6.07) is 0. The number of rotatable bonds is 5. The minimum atomic E-state index is -0.328. The smallest absolute Gasteiger partial charge is 0.227 e. The van der Waals surface area contributed by atoms with E-state index in [-0.39, 0.29) is 35.2 Å². The molecule has 1 aliphatic heterocycles. The maximum absolute atomic E-state index is 12.1. The molecule has 0 saturated carbocycles. The van der Waals surface area contributed by atoms with Gasteiger partial charge >= 0.3 is 0 Å². The first-order valence-corrected chi connectivity index (χ1v) is 6.42. The SMILES string of the molecule is CC(O)CC(C)(C)CNC(=O)C1(C)CCNC1.Cl. The lowest BCUT2D eigenvalue weighted by molar-refractivity contribution is -0.129. The van der Waals surface area contributed by atoms with Gasteiger partial charge in [0.15, 0.2) is 0 Å². The van der Waals surface area contributed by atoms with Gasteiger partial charge in [-0.1, -0.05) is 13.8 Å². The van der Waals surface area contributed by atoms with Gasteiger partial charge in [-0.2, -0.15) is 0 Å². The van der Waals surface area contributed by atoms with Gasteiger partial charge in [0.25, 0.3) is 0 Å². The van der Waals surface area contributed by atoms with Crippen LogP contribution in [0.2, 0.25) is 0 Å². The van der Waals surface area contributed by atoms with Crippen LogP contribution < -0.4 is 10.6 Å². The lowest BCUT2D eigenvalue weighted by Gasteiger charge is -2.29. The van der Waals surface area contributed by atoms with Crippen molar-refractivity contribution in [2.24, 2.45) is 10.8 Å². The minimum absolute atomic E-state index is 0. The molecule has 1 amide bonds. The molecule has 0 bridgehead atoms. The Morgan fingerprint density at radius 3 is 2.61 bits per heavy atom. The summed E-state index contributed by atoms with van der Waals surface area (Å²) in [4.78, 5) is 12.1. The van der Waals surface area contributed by atoms with E-state index in [2.05, 4.69) is 24.5 Å². The van der Waals surface area contributed by atoms with Crippen LogP contribution in [0.4, 0.5) is 0 Å². The Kier molecular flexibility index (Phi) is 6.61. The van der Waals surface area contributed by atoms with Gasteiger partial charge in [-0.25, -0.2) is 0 Å². The molecule has 0 aliphatic carbocycles. The van der Waals surface area contributed by atoms with Crippen LogP contribution in [0.1, 0.15) is 40.5 Å². The highest BCUT2D eigenvalue weighted by Gasteiger charge is 2.36. The number of amides is 1. The molecule has 1 aliphatic rings. The van der Waals surface area contributed by atoms with Crippen LogP contribution in [-0.2, 0) is 4.79 Å². The summed E-state index contributed by atoms with van der Waals surface area (Å²) < 4.78 is 0. The average molecular weight is 279 g/mol. The molecule has 0 aromatic heterocycles. The molecule has 1 fully saturated rings. The summed E-state index contributed by atoms with van der Waals surface area (Å²) in [6.45, 7) is 10.2. The van der Waals surface area contributed by atoms with E-state index in [9.17, 15) is 9.90 Å². The standard InChI is InChI=1S/C13H26N2O2.ClH/c1-10(16)7-12(2,3)8-15-11(17)13(4)5-6-14-9-13;/h10,14,16H,5-9H2,1-4H3,(H,15,17);1H. The van der Waals surface area contributed by atoms with Crippen molar-refractivity contribution in [2.45, 2.75) is 46.6 Å². The van der Waals surface area contributed by atoms with Crippen molar-refractivity contribution in [1.29, 1.82) is 0 Å². The van der Waals surface area contributed by atoms with Crippen molar-refractivity contribution in [2.75, 3.05) is 19.6 Å². The van der Waals surface area contributed by atoms with Crippen molar-refractivity contribution < 1.29 is 9.90 Å². The second kappa shape index (κ2) is 6.73. The van der Waals surface area contributed by atoms with Crippen LogP contribution in [-0.4, -0.2) is 36.8 Å². The third-order valence-corrected chi connectivity index (χ3v) is 3.49. The quantitative estimate of drug-likeness (QED) is 0.711. The van der Waals surface area contributed by atoms with E-state index in [0.29, 0.717) is 13.0 Å². The number of hydrogen-bond acceptors (Lipinski definition) is 3. The molecule has 1 heterocycles. The van der Waals surface area contributed by atoms with Crippen molar-refractivity contribution in [3.8, 4) is 0 Å². The van der Waals surface area contributed by atoms with E-state index in [1.54, 1.807) is 6.92 Å². The van der Waals surface area contributed by atoms with Crippen LogP contribution in [0.15, 0.2) is 0 Å². The highest BCUT2D eigenvalue weighted by atomic mass is 35.5. The normalized spacial score (nSPS) is 25.4. The highest BCUT2D eigenvalue weighted by Crippen LogP contribution is 2.26. The fourth-order valence-electron chi connectivity index (χ4n) is 2.42. The molecule has 0 aromatic carbocycles. The molecule has 2 unspecified atom stereocenters. The number of hydrogen-bond donors (Lipinski definition) is 3. The molecule has 1 saturated heterocycles. The zero-order valence-corrected chi connectivity index (χ0v) is 12.7. The number of halogens is 1. The van der Waals surface area contributed by atoms with E-state index in [1.807, 2.05) is 6.92 Å². The third kappa shape index (κ3) is 5.12. The van der Waals surface area contributed by atoms with Gasteiger partial charge in [0.2, 0.25) is 5.91 Å². The van der Waals surface area contributed by atoms with E-state index in [0.717, 1.165) is 19.5 Å². The molecule has 5 heteroatoms. The Morgan fingerprint density at radius 2 is 2.17 bits per heavy atom. The van der Waals surface area contributed by atoms with Crippen LogP contribution in [0, 0.1) is 10.8 Å². The molecular formula is C13H27ClN2O2. The molecule has 1 rings (SSSR count). The summed E-state index contributed by atoms with van der Waals surface area (Å²) in [5.74, 6) is 0.126. The Hall–Kier alpha value is -0.320. The molecule has 0 aromatic rings. The first-order chi connectivity index (χ1) is 7.75. The summed E-state index contributed by atoms with van der Waals surface area (Å²) in [7, 11) is 0. The fourth-order valence-corrected chi connectivity index (χ4v) is 2.42. The number of aliphatic hydroxyl groups excluding tert-OH is 1. The predicted octanol–water partition coefficient (Wildman–Crippen LogP) is 1.32. The van der Waals surface area contributed by atoms with E-state index < -0.39 is 0 Å². The lowest BCUT2D eigenvalue weighted by atomic mass is 9.85. The van der Waals surface area contributed by atoms with Gasteiger partial charge in [0, 0.05) is 13.1 Å². The summed E-state index contributed by atoms with van der Waals surface area (Å²) in [5.41, 5.74) is -0.326. The van der Waals surface area contributed by atoms with Crippen molar-refractivity contribution in [3.63, 3.8) is 0 Å². The highest BCUT2D eigenvalue weighted by molar-refractivity contribution is 5.85. The van der Waals surface area contributed by atoms with Gasteiger partial charge < -0.3 is 15.7 Å². The predicted molar refractivity (Wildman–Crippen MR) is 75.9 cm³/mol. The summed E-state index contributed by atoms with van der Waals surface area (Å²) in [6.07, 6.45) is 1.27. The zero-order valence-electron chi connectivity index (χ0n) is 11.9. The van der Waals surface area contributed by atoms with Crippen LogP contribution in [0.3, 0.4) is 0 Å². The molecule has 18 heavy (non-hydrogen) atoms. The van der Waals surface area contributed by atoms with E-state index in [4.69, 9.17) is 0 Å². The van der Waals surface area contributed by atoms with E-state index in [1.165, 1.54) is 0 Å². The molecule has 108 valence electrons. The Bertz CT molecular complexity index is 274. The molecule has 4 nitrogen and oxygen atoms in total. The van der Waals surface area contributed by atoms with Gasteiger partial charge in [-0.3, -0.25) is 4.79 Å². The van der Waals surface area contributed by atoms with Gasteiger partial charge in [-0.15, -0.1) is 12.4 Å². The topological polar surface area (TPSA) is 61.4 Å². The summed E-state index contributed by atoms with van der Waals surface area (Å²) >= 11 is 0. The summed E-state index contributed by atoms with van der Waals surface area (Å²) in [5, 5.41) is 15.6. The zero-order chi connectivity index (χ0) is 13.1. The second-order valence-corrected chi connectivity index (χ2v) is 6.39. The third-order valence-electron chi connectivity index (χ3n) is 3.49. The van der Waals surface area contributed by atoms with Crippen molar-refractivity contribution in [1.82, 2.24) is 10.6 Å². The Morgan fingerprint density at radius 1 is 1.56 bits per heavy atom. The van der Waals surface area contributed by atoms with Gasteiger partial charge in [-0.05, 0) is 38.6 Å². The average Bonchev–Trinajstić information content (AvgIpc) is 2.61. The van der Waals surface area contributed by atoms with Crippen LogP contribution in [0.25, 0.3) is 0 Å². The second-order valence-electron chi connectivity index (χ2n) is 6.39. The monoisotopic (exact) mass is 278 g/mol. The Balaban J connectivity index is 0.00000289. The number of nitrogens with one attached hydrogen (secondary N) is 2. The molecule has 0 spiro atoms. The van der Waals surface area contributed by atoms with Crippen LogP contribution >= 0.6 is 12.4 Å². The maximum Gasteiger partial charge on any atom is 0.227 e. The van der Waals surface area contributed by atoms with Crippen LogP contribution in [0.5, 0.6) is 0 Å². The van der Waals surface area contributed by atoms with Gasteiger partial charge in [0.05, 0.1) is 11.5 Å². The first kappa shape index (κ1) is 17.7. The van der Waals surface area contributed by atoms with E-state index >= 15 is 0 Å². The molecule has 3 N–H and O–H groups in total. The molecule has 0 radical (unpaired) electrons. The fraction of sp³-hybridized carbons (Fsp3) is 0.923. The molecule has 2 atom stereocenters.